The van der Waals surface area contributed by atoms with Gasteiger partial charge < -0.3 is 20.6 Å². The minimum absolute atomic E-state index is 0.180. The average molecular weight is 494 g/mol. The Kier molecular flexibility index (Phi) is 5.98. The molecule has 36 heavy (non-hydrogen) atoms. The van der Waals surface area contributed by atoms with Crippen molar-refractivity contribution < 1.29 is 19.4 Å². The van der Waals surface area contributed by atoms with Crippen LogP contribution in [0.3, 0.4) is 0 Å². The van der Waals surface area contributed by atoms with Gasteiger partial charge in [0.25, 0.3) is 0 Å². The van der Waals surface area contributed by atoms with Gasteiger partial charge in [-0.05, 0) is 47.3 Å². The van der Waals surface area contributed by atoms with E-state index in [1.54, 1.807) is 24.3 Å². The number of hydrogen-bond acceptors (Lipinski definition) is 6. The maximum absolute atomic E-state index is 12.1. The number of carbonyl (C=O) groups excluding carboxylic acids is 1. The Labute approximate surface area is 210 Å². The van der Waals surface area contributed by atoms with E-state index in [9.17, 15) is 14.7 Å². The highest BCUT2D eigenvalue weighted by Gasteiger charge is 2.19. The van der Waals surface area contributed by atoms with Crippen molar-refractivity contribution in [2.45, 2.75) is 0 Å². The van der Waals surface area contributed by atoms with Gasteiger partial charge >= 0.3 is 11.9 Å². The number of H-pyrrole nitrogens is 1. The number of ether oxygens (including phenoxy) is 1. The van der Waals surface area contributed by atoms with Crippen molar-refractivity contribution in [1.29, 1.82) is 0 Å². The minimum atomic E-state index is -1.02. The average Bonchev–Trinajstić information content (AvgIpc) is 3.53. The molecule has 0 saturated heterocycles. The van der Waals surface area contributed by atoms with Gasteiger partial charge in [-0.1, -0.05) is 53.5 Å². The fourth-order valence-corrected chi connectivity index (χ4v) is 4.74. The number of nitrogens with one attached hydrogen (secondary N) is 1. The van der Waals surface area contributed by atoms with Crippen molar-refractivity contribution in [3.05, 3.63) is 94.5 Å². The standard InChI is InChI=1S/C28H19N3O4S/c1-35-27(34)25-24(31-28(29)36-25)19-9-6-16(7-10-19)5-8-18-3-2-4-21(26(32)33)23(18)20-12-11-17-13-14-30-22(17)15-20/h2-4,6-7,9-15,30H,1H3,(H2,29,31)(H,32,33). The molecule has 5 aromatic rings. The topological polar surface area (TPSA) is 118 Å². The van der Waals surface area contributed by atoms with Crippen molar-refractivity contribution in [2.75, 3.05) is 12.8 Å². The van der Waals surface area contributed by atoms with E-state index in [0.29, 0.717) is 32.8 Å². The van der Waals surface area contributed by atoms with Gasteiger partial charge in [0.05, 0.1) is 18.4 Å². The quantitative estimate of drug-likeness (QED) is 0.227. The Morgan fingerprint density at radius 1 is 1.03 bits per heavy atom. The number of benzene rings is 3. The van der Waals surface area contributed by atoms with E-state index in [1.807, 2.05) is 48.7 Å². The van der Waals surface area contributed by atoms with E-state index in [2.05, 4.69) is 21.8 Å². The van der Waals surface area contributed by atoms with Gasteiger partial charge in [0.1, 0.15) is 4.88 Å². The molecule has 0 aliphatic carbocycles. The van der Waals surface area contributed by atoms with Crippen molar-refractivity contribution in [2.24, 2.45) is 0 Å². The Morgan fingerprint density at radius 3 is 2.56 bits per heavy atom. The number of aromatic nitrogens is 2. The number of nitrogens with zero attached hydrogens (tertiary/aromatic N) is 1. The summed E-state index contributed by atoms with van der Waals surface area (Å²) < 4.78 is 4.83. The molecule has 0 radical (unpaired) electrons. The molecule has 8 heteroatoms. The monoisotopic (exact) mass is 493 g/mol. The largest absolute Gasteiger partial charge is 0.478 e. The van der Waals surface area contributed by atoms with Gasteiger partial charge in [-0.3, -0.25) is 0 Å². The highest BCUT2D eigenvalue weighted by Crippen LogP contribution is 2.32. The van der Waals surface area contributed by atoms with Gasteiger partial charge in [-0.25, -0.2) is 14.6 Å². The van der Waals surface area contributed by atoms with E-state index in [1.165, 1.54) is 7.11 Å². The molecule has 4 N–H and O–H groups in total. The maximum Gasteiger partial charge on any atom is 0.350 e. The van der Waals surface area contributed by atoms with Gasteiger partial charge in [0.15, 0.2) is 5.13 Å². The smallest absolute Gasteiger partial charge is 0.350 e. The normalized spacial score (nSPS) is 10.6. The molecule has 0 bridgehead atoms. The van der Waals surface area contributed by atoms with Crippen LogP contribution in [-0.2, 0) is 4.74 Å². The number of thiazole rings is 1. The lowest BCUT2D eigenvalue weighted by molar-refractivity contribution is 0.0606. The molecule has 0 amide bonds. The number of rotatable bonds is 4. The van der Waals surface area contributed by atoms with Crippen LogP contribution in [0.4, 0.5) is 5.13 Å². The van der Waals surface area contributed by atoms with Crippen LogP contribution in [0.5, 0.6) is 0 Å². The third-order valence-corrected chi connectivity index (χ3v) is 6.52. The number of anilines is 1. The summed E-state index contributed by atoms with van der Waals surface area (Å²) in [6.07, 6.45) is 1.84. The summed E-state index contributed by atoms with van der Waals surface area (Å²) >= 11 is 1.07. The third kappa shape index (κ3) is 4.31. The van der Waals surface area contributed by atoms with Gasteiger partial charge in [0.2, 0.25) is 0 Å². The first-order valence-corrected chi connectivity index (χ1v) is 11.7. The fourth-order valence-electron chi connectivity index (χ4n) is 3.96. The number of hydrogen-bond donors (Lipinski definition) is 3. The molecule has 176 valence electrons. The predicted octanol–water partition coefficient (Wildman–Crippen LogP) is 5.43. The zero-order chi connectivity index (χ0) is 25.2. The third-order valence-electron chi connectivity index (χ3n) is 5.65. The van der Waals surface area contributed by atoms with Crippen molar-refractivity contribution >= 4 is 39.3 Å². The Balaban J connectivity index is 1.53. The Morgan fingerprint density at radius 2 is 1.81 bits per heavy atom. The number of carboxylic acids is 1. The molecule has 0 spiro atoms. The first-order valence-electron chi connectivity index (χ1n) is 10.9. The number of nitrogen functional groups attached to an aromatic ring is 1. The van der Waals surface area contributed by atoms with Crippen molar-refractivity contribution in [3.63, 3.8) is 0 Å². The molecule has 0 aliphatic heterocycles. The van der Waals surface area contributed by atoms with Gasteiger partial charge in [0, 0.05) is 34.0 Å². The number of aromatic carboxylic acids is 1. The minimum Gasteiger partial charge on any atom is -0.478 e. The molecular formula is C28H19N3O4S. The van der Waals surface area contributed by atoms with Crippen LogP contribution in [0.1, 0.15) is 31.2 Å². The summed E-state index contributed by atoms with van der Waals surface area (Å²) in [5.74, 6) is 4.74. The van der Waals surface area contributed by atoms with Crippen LogP contribution in [0.15, 0.2) is 72.9 Å². The zero-order valence-corrected chi connectivity index (χ0v) is 19.8. The molecular weight excluding hydrogens is 474 g/mol. The van der Waals surface area contributed by atoms with E-state index >= 15 is 0 Å². The SMILES string of the molecule is COC(=O)c1sc(N)nc1-c1ccc(C#Cc2cccc(C(=O)O)c2-c2ccc3cc[nH]c3c2)cc1. The molecule has 0 fully saturated rings. The van der Waals surface area contributed by atoms with Crippen LogP contribution in [0.2, 0.25) is 0 Å². The summed E-state index contributed by atoms with van der Waals surface area (Å²) in [5, 5.41) is 11.1. The fraction of sp³-hybridized carbons (Fsp3) is 0.0357. The Bertz CT molecular complexity index is 1690. The lowest BCUT2D eigenvalue weighted by Gasteiger charge is -2.10. The predicted molar refractivity (Wildman–Crippen MR) is 140 cm³/mol. The summed E-state index contributed by atoms with van der Waals surface area (Å²) in [5.41, 5.74) is 10.7. The lowest BCUT2D eigenvalue weighted by Crippen LogP contribution is -2.01. The second-order valence-corrected chi connectivity index (χ2v) is 8.89. The molecule has 0 atom stereocenters. The number of carboxylic acid groups (broad SMARTS) is 1. The van der Waals surface area contributed by atoms with Crippen LogP contribution in [0.25, 0.3) is 33.3 Å². The van der Waals surface area contributed by atoms with Crippen molar-refractivity contribution in [1.82, 2.24) is 9.97 Å². The highest BCUT2D eigenvalue weighted by molar-refractivity contribution is 7.17. The lowest BCUT2D eigenvalue weighted by atomic mass is 9.93. The number of nitrogens with two attached hydrogens (primary N) is 1. The number of aromatic amines is 1. The van der Waals surface area contributed by atoms with Crippen LogP contribution in [0, 0.1) is 11.8 Å². The molecule has 0 aliphatic rings. The molecule has 2 heterocycles. The molecule has 3 aromatic carbocycles. The molecule has 2 aromatic heterocycles. The first-order chi connectivity index (χ1) is 17.4. The number of fused-ring (bicyclic) bond motifs is 1. The first kappa shape index (κ1) is 22.9. The highest BCUT2D eigenvalue weighted by atomic mass is 32.1. The number of carbonyl (C=O) groups is 2. The summed E-state index contributed by atoms with van der Waals surface area (Å²) in [4.78, 5) is 31.8. The Hall–Kier alpha value is -4.87. The van der Waals surface area contributed by atoms with E-state index in [4.69, 9.17) is 10.5 Å². The van der Waals surface area contributed by atoms with E-state index in [0.717, 1.165) is 27.8 Å². The second kappa shape index (κ2) is 9.41. The van der Waals surface area contributed by atoms with E-state index in [-0.39, 0.29) is 10.7 Å². The molecule has 0 saturated carbocycles. The molecule has 5 rings (SSSR count). The number of esters is 1. The number of methoxy groups -OCH3 is 1. The van der Waals surface area contributed by atoms with Crippen LogP contribution < -0.4 is 5.73 Å². The zero-order valence-electron chi connectivity index (χ0n) is 19.0. The van der Waals surface area contributed by atoms with Crippen LogP contribution in [-0.4, -0.2) is 34.1 Å². The summed E-state index contributed by atoms with van der Waals surface area (Å²) in [6.45, 7) is 0. The van der Waals surface area contributed by atoms with Crippen molar-refractivity contribution in [3.8, 4) is 34.2 Å². The summed E-state index contributed by atoms with van der Waals surface area (Å²) in [6, 6.07) is 20.0. The van der Waals surface area contributed by atoms with Gasteiger partial charge in [-0.15, -0.1) is 0 Å². The second-order valence-electron chi connectivity index (χ2n) is 7.86. The van der Waals surface area contributed by atoms with E-state index < -0.39 is 11.9 Å². The van der Waals surface area contributed by atoms with Gasteiger partial charge in [-0.2, -0.15) is 0 Å². The molecule has 7 nitrogen and oxygen atoms in total. The summed E-state index contributed by atoms with van der Waals surface area (Å²) in [7, 11) is 1.31. The molecule has 0 unspecified atom stereocenters. The van der Waals surface area contributed by atoms with Crippen LogP contribution >= 0.6 is 11.3 Å². The maximum atomic E-state index is 12.1.